The van der Waals surface area contributed by atoms with Crippen LogP contribution in [-0.2, 0) is 4.79 Å². The molecule has 0 spiro atoms. The van der Waals surface area contributed by atoms with Crippen LogP contribution in [0.1, 0.15) is 31.9 Å². The Morgan fingerprint density at radius 1 is 1.53 bits per heavy atom. The molecule has 1 atom stereocenters. The lowest BCUT2D eigenvalue weighted by Gasteiger charge is -2.10. The van der Waals surface area contributed by atoms with Crippen LogP contribution in [0.4, 0.5) is 0 Å². The van der Waals surface area contributed by atoms with Gasteiger partial charge in [0.15, 0.2) is 6.61 Å². The molecule has 0 aliphatic heterocycles. The molecule has 0 aliphatic rings. The van der Waals surface area contributed by atoms with Crippen LogP contribution < -0.4 is 15.8 Å². The third-order valence-electron chi connectivity index (χ3n) is 2.33. The van der Waals surface area contributed by atoms with E-state index in [1.807, 2.05) is 38.1 Å². The van der Waals surface area contributed by atoms with E-state index in [1.165, 1.54) is 0 Å². The van der Waals surface area contributed by atoms with Gasteiger partial charge in [-0.2, -0.15) is 0 Å². The summed E-state index contributed by atoms with van der Waals surface area (Å²) in [6.07, 6.45) is 0.923. The quantitative estimate of drug-likeness (QED) is 0.788. The predicted molar refractivity (Wildman–Crippen MR) is 67.8 cm³/mol. The zero-order valence-corrected chi connectivity index (χ0v) is 10.4. The van der Waals surface area contributed by atoms with Crippen LogP contribution in [0.25, 0.3) is 0 Å². The van der Waals surface area contributed by atoms with E-state index >= 15 is 0 Å². The highest BCUT2D eigenvalue weighted by atomic mass is 16.5. The van der Waals surface area contributed by atoms with Crippen LogP contribution in [0.2, 0.25) is 0 Å². The fourth-order valence-electron chi connectivity index (χ4n) is 1.35. The second-order valence-electron chi connectivity index (χ2n) is 4.00. The van der Waals surface area contributed by atoms with Gasteiger partial charge in [0, 0.05) is 12.6 Å². The number of rotatable bonds is 6. The second-order valence-corrected chi connectivity index (χ2v) is 4.00. The van der Waals surface area contributed by atoms with Crippen molar-refractivity contribution in [1.82, 2.24) is 5.32 Å². The molecule has 17 heavy (non-hydrogen) atoms. The van der Waals surface area contributed by atoms with Gasteiger partial charge in [-0.25, -0.2) is 0 Å². The number of carbonyl (C=O) groups is 1. The lowest BCUT2D eigenvalue weighted by Crippen LogP contribution is -2.29. The number of hydrogen-bond acceptors (Lipinski definition) is 3. The Morgan fingerprint density at radius 3 is 2.94 bits per heavy atom. The van der Waals surface area contributed by atoms with E-state index in [0.29, 0.717) is 12.3 Å². The molecule has 0 heterocycles. The summed E-state index contributed by atoms with van der Waals surface area (Å²) in [6, 6.07) is 7.45. The van der Waals surface area contributed by atoms with Gasteiger partial charge in [0.2, 0.25) is 0 Å². The van der Waals surface area contributed by atoms with E-state index in [0.717, 1.165) is 12.0 Å². The second kappa shape index (κ2) is 6.91. The summed E-state index contributed by atoms with van der Waals surface area (Å²) in [7, 11) is 0. The molecule has 0 aliphatic carbocycles. The van der Waals surface area contributed by atoms with Crippen molar-refractivity contribution in [3.05, 3.63) is 29.8 Å². The van der Waals surface area contributed by atoms with Crippen molar-refractivity contribution in [2.75, 3.05) is 13.2 Å². The van der Waals surface area contributed by atoms with Crippen molar-refractivity contribution in [1.29, 1.82) is 0 Å². The molecule has 0 saturated carbocycles. The maximum atomic E-state index is 11.3. The first kappa shape index (κ1) is 13.5. The smallest absolute Gasteiger partial charge is 0.257 e. The van der Waals surface area contributed by atoms with Crippen molar-refractivity contribution in [3.8, 4) is 5.75 Å². The Kier molecular flexibility index (Phi) is 5.49. The SMILES string of the molecule is CCCNC(=O)COc1cccc([C@H](C)N)c1. The molecule has 0 aromatic heterocycles. The van der Waals surface area contributed by atoms with Crippen LogP contribution in [0.3, 0.4) is 0 Å². The number of benzene rings is 1. The maximum Gasteiger partial charge on any atom is 0.257 e. The largest absolute Gasteiger partial charge is 0.484 e. The summed E-state index contributed by atoms with van der Waals surface area (Å²) in [5.41, 5.74) is 6.77. The van der Waals surface area contributed by atoms with Crippen molar-refractivity contribution in [3.63, 3.8) is 0 Å². The summed E-state index contributed by atoms with van der Waals surface area (Å²) in [5, 5.41) is 2.75. The van der Waals surface area contributed by atoms with Crippen molar-refractivity contribution >= 4 is 5.91 Å². The van der Waals surface area contributed by atoms with E-state index in [-0.39, 0.29) is 18.6 Å². The van der Waals surface area contributed by atoms with E-state index < -0.39 is 0 Å². The van der Waals surface area contributed by atoms with Crippen molar-refractivity contribution in [2.45, 2.75) is 26.3 Å². The zero-order chi connectivity index (χ0) is 12.7. The normalized spacial score (nSPS) is 11.9. The molecule has 1 aromatic carbocycles. The third kappa shape index (κ3) is 4.87. The number of nitrogens with one attached hydrogen (secondary N) is 1. The van der Waals surface area contributed by atoms with Gasteiger partial charge in [0.1, 0.15) is 5.75 Å². The van der Waals surface area contributed by atoms with Gasteiger partial charge in [0.05, 0.1) is 0 Å². The lowest BCUT2D eigenvalue weighted by molar-refractivity contribution is -0.123. The molecular formula is C13H20N2O2. The van der Waals surface area contributed by atoms with Gasteiger partial charge >= 0.3 is 0 Å². The van der Waals surface area contributed by atoms with Gasteiger partial charge in [-0.05, 0) is 31.0 Å². The fraction of sp³-hybridized carbons (Fsp3) is 0.462. The molecule has 4 heteroatoms. The standard InChI is InChI=1S/C13H20N2O2/c1-3-7-15-13(16)9-17-12-6-4-5-11(8-12)10(2)14/h4-6,8,10H,3,7,9,14H2,1-2H3,(H,15,16)/t10-/m0/s1. The number of hydrogen-bond donors (Lipinski definition) is 2. The average Bonchev–Trinajstić information content (AvgIpc) is 2.34. The summed E-state index contributed by atoms with van der Waals surface area (Å²) >= 11 is 0. The highest BCUT2D eigenvalue weighted by Crippen LogP contribution is 2.17. The van der Waals surface area contributed by atoms with Gasteiger partial charge < -0.3 is 15.8 Å². The van der Waals surface area contributed by atoms with E-state index in [2.05, 4.69) is 5.32 Å². The van der Waals surface area contributed by atoms with Crippen LogP contribution >= 0.6 is 0 Å². The first-order chi connectivity index (χ1) is 8.13. The van der Waals surface area contributed by atoms with E-state index in [1.54, 1.807) is 0 Å². The molecule has 0 unspecified atom stereocenters. The Morgan fingerprint density at radius 2 is 2.29 bits per heavy atom. The highest BCUT2D eigenvalue weighted by Gasteiger charge is 2.04. The third-order valence-corrected chi connectivity index (χ3v) is 2.33. The summed E-state index contributed by atoms with van der Waals surface area (Å²) < 4.78 is 5.39. The predicted octanol–water partition coefficient (Wildman–Crippen LogP) is 1.61. The van der Waals surface area contributed by atoms with Gasteiger partial charge in [0.25, 0.3) is 5.91 Å². The minimum absolute atomic E-state index is 0.0348. The Bertz CT molecular complexity index is 364. The molecule has 0 fully saturated rings. The molecule has 3 N–H and O–H groups in total. The topological polar surface area (TPSA) is 64.3 Å². The van der Waals surface area contributed by atoms with Crippen LogP contribution in [0.15, 0.2) is 24.3 Å². The first-order valence-electron chi connectivity index (χ1n) is 5.88. The maximum absolute atomic E-state index is 11.3. The van der Waals surface area contributed by atoms with Crippen molar-refractivity contribution < 1.29 is 9.53 Å². The first-order valence-corrected chi connectivity index (χ1v) is 5.88. The fourth-order valence-corrected chi connectivity index (χ4v) is 1.35. The molecule has 4 nitrogen and oxygen atoms in total. The van der Waals surface area contributed by atoms with Crippen LogP contribution in [0, 0.1) is 0 Å². The molecule has 1 aromatic rings. The van der Waals surface area contributed by atoms with E-state index in [4.69, 9.17) is 10.5 Å². The Balaban J connectivity index is 2.46. The Hall–Kier alpha value is -1.55. The highest BCUT2D eigenvalue weighted by molar-refractivity contribution is 5.77. The minimum Gasteiger partial charge on any atom is -0.484 e. The summed E-state index contributed by atoms with van der Waals surface area (Å²) in [5.74, 6) is 0.574. The minimum atomic E-state index is -0.0990. The Labute approximate surface area is 102 Å². The number of nitrogens with two attached hydrogens (primary N) is 1. The van der Waals surface area contributed by atoms with Crippen LogP contribution in [-0.4, -0.2) is 19.1 Å². The number of amides is 1. The van der Waals surface area contributed by atoms with Gasteiger partial charge in [-0.15, -0.1) is 0 Å². The number of ether oxygens (including phenoxy) is 1. The van der Waals surface area contributed by atoms with Gasteiger partial charge in [-0.1, -0.05) is 19.1 Å². The molecule has 0 saturated heterocycles. The average molecular weight is 236 g/mol. The molecular weight excluding hydrogens is 216 g/mol. The molecule has 0 radical (unpaired) electrons. The molecule has 94 valence electrons. The van der Waals surface area contributed by atoms with Crippen LogP contribution in [0.5, 0.6) is 5.75 Å². The molecule has 0 bridgehead atoms. The molecule has 1 amide bonds. The zero-order valence-electron chi connectivity index (χ0n) is 10.4. The summed E-state index contributed by atoms with van der Waals surface area (Å²) in [6.45, 7) is 4.64. The lowest BCUT2D eigenvalue weighted by atomic mass is 10.1. The van der Waals surface area contributed by atoms with E-state index in [9.17, 15) is 4.79 Å². The molecule has 1 rings (SSSR count). The monoisotopic (exact) mass is 236 g/mol. The number of carbonyl (C=O) groups excluding carboxylic acids is 1. The summed E-state index contributed by atoms with van der Waals surface area (Å²) in [4.78, 5) is 11.3. The van der Waals surface area contributed by atoms with Gasteiger partial charge in [-0.3, -0.25) is 4.79 Å². The van der Waals surface area contributed by atoms with Crippen molar-refractivity contribution in [2.24, 2.45) is 5.73 Å².